The summed E-state index contributed by atoms with van der Waals surface area (Å²) >= 11 is 0. The predicted molar refractivity (Wildman–Crippen MR) is 86.9 cm³/mol. The van der Waals surface area contributed by atoms with E-state index in [-0.39, 0.29) is 28.3 Å². The fourth-order valence-electron chi connectivity index (χ4n) is 3.38. The van der Waals surface area contributed by atoms with Gasteiger partial charge >= 0.3 is 0 Å². The van der Waals surface area contributed by atoms with Gasteiger partial charge in [-0.05, 0) is 24.5 Å². The summed E-state index contributed by atoms with van der Waals surface area (Å²) in [6, 6.07) is 3.98. The summed E-state index contributed by atoms with van der Waals surface area (Å²) in [5, 5.41) is 9.61. The number of rotatable bonds is 3. The maximum atomic E-state index is 14.2. The van der Waals surface area contributed by atoms with E-state index in [1.165, 1.54) is 12.3 Å². The van der Waals surface area contributed by atoms with Crippen molar-refractivity contribution in [2.45, 2.75) is 19.8 Å². The maximum Gasteiger partial charge on any atom is 0.263 e. The molecule has 1 aromatic carbocycles. The predicted octanol–water partition coefficient (Wildman–Crippen LogP) is 3.84. The Bertz CT molecular complexity index is 863. The first-order valence-electron chi connectivity index (χ1n) is 7.97. The van der Waals surface area contributed by atoms with Gasteiger partial charge in [0.05, 0.1) is 11.3 Å². The van der Waals surface area contributed by atoms with Crippen LogP contribution in [0.5, 0.6) is 0 Å². The second-order valence-corrected chi connectivity index (χ2v) is 6.34. The quantitative estimate of drug-likeness (QED) is 0.792. The molecule has 1 saturated heterocycles. The number of nitrogens with zero attached hydrogens (tertiary/aromatic N) is 3. The zero-order chi connectivity index (χ0) is 18.1. The van der Waals surface area contributed by atoms with Gasteiger partial charge in [-0.2, -0.15) is 5.26 Å². The molecule has 0 saturated carbocycles. The number of pyridine rings is 1. The summed E-state index contributed by atoms with van der Waals surface area (Å²) in [5.41, 5.74) is 0.127. The number of nitriles is 1. The number of benzene rings is 1. The SMILES string of the molecule is CC1CN(c2c(C#N)cnc3c(F)cc(C(F)F)cc23)CCC1C=O. The van der Waals surface area contributed by atoms with Gasteiger partial charge in [-0.3, -0.25) is 4.98 Å². The first kappa shape index (κ1) is 17.2. The lowest BCUT2D eigenvalue weighted by molar-refractivity contribution is -0.112. The van der Waals surface area contributed by atoms with Gasteiger partial charge < -0.3 is 9.69 Å². The molecule has 7 heteroatoms. The minimum atomic E-state index is -2.82. The lowest BCUT2D eigenvalue weighted by Gasteiger charge is -2.37. The molecule has 2 aromatic rings. The summed E-state index contributed by atoms with van der Waals surface area (Å²) in [5.74, 6) is -0.873. The van der Waals surface area contributed by atoms with Crippen LogP contribution in [0.3, 0.4) is 0 Å². The third kappa shape index (κ3) is 3.04. The third-order valence-corrected chi connectivity index (χ3v) is 4.75. The second-order valence-electron chi connectivity index (χ2n) is 6.34. The van der Waals surface area contributed by atoms with Gasteiger partial charge in [0, 0.05) is 36.2 Å². The number of piperidine rings is 1. The fourth-order valence-corrected chi connectivity index (χ4v) is 3.38. The van der Waals surface area contributed by atoms with E-state index >= 15 is 0 Å². The molecule has 3 rings (SSSR count). The summed E-state index contributed by atoms with van der Waals surface area (Å²) in [7, 11) is 0. The molecule has 0 N–H and O–H groups in total. The normalized spacial score (nSPS) is 20.7. The lowest BCUT2D eigenvalue weighted by Crippen LogP contribution is -2.40. The van der Waals surface area contributed by atoms with Crippen LogP contribution in [-0.4, -0.2) is 24.4 Å². The molecule has 1 aliphatic heterocycles. The van der Waals surface area contributed by atoms with E-state index in [0.717, 1.165) is 12.4 Å². The minimum absolute atomic E-state index is 0.0384. The number of aldehydes is 1. The van der Waals surface area contributed by atoms with Crippen LogP contribution in [0.4, 0.5) is 18.9 Å². The molecule has 0 radical (unpaired) electrons. The van der Waals surface area contributed by atoms with Crippen molar-refractivity contribution >= 4 is 22.9 Å². The first-order valence-corrected chi connectivity index (χ1v) is 7.97. The van der Waals surface area contributed by atoms with Crippen LogP contribution in [0.15, 0.2) is 18.3 Å². The highest BCUT2D eigenvalue weighted by atomic mass is 19.3. The molecule has 0 spiro atoms. The Morgan fingerprint density at radius 2 is 2.20 bits per heavy atom. The summed E-state index contributed by atoms with van der Waals surface area (Å²) in [6.07, 6.45) is -0.0422. The van der Waals surface area contributed by atoms with Gasteiger partial charge in [-0.25, -0.2) is 13.2 Å². The van der Waals surface area contributed by atoms with Crippen molar-refractivity contribution in [3.8, 4) is 6.07 Å². The van der Waals surface area contributed by atoms with Crippen molar-refractivity contribution in [3.63, 3.8) is 0 Å². The van der Waals surface area contributed by atoms with Crippen LogP contribution in [0, 0.1) is 29.0 Å². The molecule has 2 heterocycles. The summed E-state index contributed by atoms with van der Waals surface area (Å²) < 4.78 is 40.4. The molecule has 2 atom stereocenters. The molecule has 130 valence electrons. The highest BCUT2D eigenvalue weighted by molar-refractivity contribution is 5.95. The molecule has 4 nitrogen and oxygen atoms in total. The van der Waals surface area contributed by atoms with Crippen molar-refractivity contribution < 1.29 is 18.0 Å². The van der Waals surface area contributed by atoms with Crippen LogP contribution >= 0.6 is 0 Å². The van der Waals surface area contributed by atoms with Crippen LogP contribution in [0.2, 0.25) is 0 Å². The Morgan fingerprint density at radius 1 is 1.44 bits per heavy atom. The largest absolute Gasteiger partial charge is 0.370 e. The van der Waals surface area contributed by atoms with E-state index in [1.807, 2.05) is 17.9 Å². The monoisotopic (exact) mass is 347 g/mol. The van der Waals surface area contributed by atoms with Gasteiger partial charge in [-0.1, -0.05) is 6.92 Å². The molecule has 1 aliphatic rings. The van der Waals surface area contributed by atoms with Crippen molar-refractivity contribution in [2.24, 2.45) is 11.8 Å². The van der Waals surface area contributed by atoms with Gasteiger partial charge in [0.15, 0.2) is 0 Å². The number of hydrogen-bond donors (Lipinski definition) is 0. The molecule has 0 aliphatic carbocycles. The lowest BCUT2D eigenvalue weighted by atomic mass is 9.87. The molecule has 1 fully saturated rings. The van der Waals surface area contributed by atoms with Crippen LogP contribution in [0.1, 0.15) is 30.9 Å². The van der Waals surface area contributed by atoms with Crippen molar-refractivity contribution in [1.29, 1.82) is 5.26 Å². The van der Waals surface area contributed by atoms with E-state index in [2.05, 4.69) is 4.98 Å². The van der Waals surface area contributed by atoms with Gasteiger partial charge in [0.1, 0.15) is 23.7 Å². The summed E-state index contributed by atoms with van der Waals surface area (Å²) in [4.78, 5) is 16.9. The van der Waals surface area contributed by atoms with Crippen molar-refractivity contribution in [1.82, 2.24) is 4.98 Å². The maximum absolute atomic E-state index is 14.2. The Labute approximate surface area is 142 Å². The molecular formula is C18H16F3N3O. The summed E-state index contributed by atoms with van der Waals surface area (Å²) in [6.45, 7) is 2.89. The van der Waals surface area contributed by atoms with E-state index in [4.69, 9.17) is 0 Å². The molecule has 25 heavy (non-hydrogen) atoms. The van der Waals surface area contributed by atoms with Gasteiger partial charge in [0.25, 0.3) is 6.43 Å². The topological polar surface area (TPSA) is 57.0 Å². The third-order valence-electron chi connectivity index (χ3n) is 4.75. The average molecular weight is 347 g/mol. The number of carbonyl (C=O) groups is 1. The Hall–Kier alpha value is -2.62. The fraction of sp³-hybridized carbons (Fsp3) is 0.389. The second kappa shape index (κ2) is 6.71. The zero-order valence-electron chi connectivity index (χ0n) is 13.5. The van der Waals surface area contributed by atoms with Gasteiger partial charge in [0.2, 0.25) is 0 Å². The standard InChI is InChI=1S/C18H16F3N3O/c1-10-8-24(3-2-11(10)9-25)17-13(6-22)7-23-16-14(17)4-12(18(20)21)5-15(16)19/h4-5,7,9-11,18H,2-3,8H2,1H3. The Kier molecular flexibility index (Phi) is 4.62. The average Bonchev–Trinajstić information content (AvgIpc) is 2.60. The van der Waals surface area contributed by atoms with Crippen molar-refractivity contribution in [3.05, 3.63) is 35.3 Å². The molecular weight excluding hydrogens is 331 g/mol. The first-order chi connectivity index (χ1) is 12.0. The van der Waals surface area contributed by atoms with Crippen LogP contribution in [0.25, 0.3) is 10.9 Å². The number of aromatic nitrogens is 1. The number of hydrogen-bond acceptors (Lipinski definition) is 4. The van der Waals surface area contributed by atoms with Gasteiger partial charge in [-0.15, -0.1) is 0 Å². The highest BCUT2D eigenvalue weighted by Crippen LogP contribution is 2.36. The van der Waals surface area contributed by atoms with Crippen molar-refractivity contribution in [2.75, 3.05) is 18.0 Å². The number of fused-ring (bicyclic) bond motifs is 1. The van der Waals surface area contributed by atoms with Crippen LogP contribution < -0.4 is 4.90 Å². The number of halogens is 3. The number of carbonyl (C=O) groups excluding carboxylic acids is 1. The van der Waals surface area contributed by atoms with E-state index in [9.17, 15) is 23.2 Å². The van der Waals surface area contributed by atoms with Crippen LogP contribution in [-0.2, 0) is 4.79 Å². The Balaban J connectivity index is 2.18. The minimum Gasteiger partial charge on any atom is -0.370 e. The zero-order valence-corrected chi connectivity index (χ0v) is 13.5. The molecule has 2 unspecified atom stereocenters. The van der Waals surface area contributed by atoms with E-state index < -0.39 is 17.8 Å². The van der Waals surface area contributed by atoms with E-state index in [0.29, 0.717) is 25.2 Å². The highest BCUT2D eigenvalue weighted by Gasteiger charge is 2.29. The number of alkyl halides is 2. The smallest absolute Gasteiger partial charge is 0.263 e. The molecule has 0 bridgehead atoms. The van der Waals surface area contributed by atoms with E-state index in [1.54, 1.807) is 0 Å². The Morgan fingerprint density at radius 3 is 2.80 bits per heavy atom. The molecule has 1 aromatic heterocycles. The molecule has 0 amide bonds. The number of anilines is 1.